The van der Waals surface area contributed by atoms with Gasteiger partial charge in [0, 0.05) is 18.4 Å². The maximum absolute atomic E-state index is 12.8. The highest BCUT2D eigenvalue weighted by Gasteiger charge is 2.50. The van der Waals surface area contributed by atoms with Crippen molar-refractivity contribution in [3.05, 3.63) is 46.8 Å². The highest BCUT2D eigenvalue weighted by Crippen LogP contribution is 2.33. The summed E-state index contributed by atoms with van der Waals surface area (Å²) in [5.41, 5.74) is -5.17. The lowest BCUT2D eigenvalue weighted by molar-refractivity contribution is -0.0570. The number of rotatable bonds is 4. The SMILES string of the molecule is Cc1ccc(S(=O)(=O)n2nc(C#N)c3c2CC(OS(=O)(=O)C(F)(F)F)C3)cc1. The molecule has 0 bridgehead atoms. The van der Waals surface area contributed by atoms with E-state index in [0.29, 0.717) is 4.09 Å². The molecule has 0 saturated carbocycles. The Labute approximate surface area is 158 Å². The zero-order valence-corrected chi connectivity index (χ0v) is 15.8. The summed E-state index contributed by atoms with van der Waals surface area (Å²) in [6.07, 6.45) is -2.35. The summed E-state index contributed by atoms with van der Waals surface area (Å²) in [6.45, 7) is 1.75. The molecule has 8 nitrogen and oxygen atoms in total. The monoisotopic (exact) mass is 435 g/mol. The normalized spacial score (nSPS) is 17.3. The fraction of sp³-hybridized carbons (Fsp3) is 0.333. The molecule has 0 fully saturated rings. The molecule has 13 heteroatoms. The third-order valence-corrected chi connectivity index (χ3v) is 6.83. The molecule has 28 heavy (non-hydrogen) atoms. The van der Waals surface area contributed by atoms with Gasteiger partial charge in [0.1, 0.15) is 6.07 Å². The summed E-state index contributed by atoms with van der Waals surface area (Å²) < 4.78 is 90.4. The Kier molecular flexibility index (Phi) is 4.77. The molecule has 150 valence electrons. The van der Waals surface area contributed by atoms with Crippen molar-refractivity contribution in [2.24, 2.45) is 0 Å². The van der Waals surface area contributed by atoms with Crippen molar-refractivity contribution in [3.63, 3.8) is 0 Å². The second kappa shape index (κ2) is 6.57. The number of nitrogens with zero attached hydrogens (tertiary/aromatic N) is 3. The van der Waals surface area contributed by atoms with E-state index in [9.17, 15) is 35.3 Å². The largest absolute Gasteiger partial charge is 0.523 e. The van der Waals surface area contributed by atoms with Crippen LogP contribution in [0.15, 0.2) is 29.2 Å². The molecule has 0 N–H and O–H groups in total. The van der Waals surface area contributed by atoms with E-state index in [1.54, 1.807) is 25.1 Å². The zero-order valence-electron chi connectivity index (χ0n) is 14.1. The maximum Gasteiger partial charge on any atom is 0.523 e. The van der Waals surface area contributed by atoms with Gasteiger partial charge in [-0.25, -0.2) is 0 Å². The molecule has 1 aromatic heterocycles. The van der Waals surface area contributed by atoms with Gasteiger partial charge in [0.2, 0.25) is 0 Å². The first-order chi connectivity index (χ1) is 12.9. The van der Waals surface area contributed by atoms with Gasteiger partial charge in [-0.2, -0.15) is 39.4 Å². The van der Waals surface area contributed by atoms with Crippen molar-refractivity contribution in [2.75, 3.05) is 0 Å². The van der Waals surface area contributed by atoms with Crippen molar-refractivity contribution in [3.8, 4) is 6.07 Å². The molecule has 1 aliphatic carbocycles. The number of alkyl halides is 3. The first-order valence-corrected chi connectivity index (χ1v) is 10.5. The van der Waals surface area contributed by atoms with Crippen LogP contribution in [0.4, 0.5) is 13.2 Å². The van der Waals surface area contributed by atoms with Gasteiger partial charge in [-0.1, -0.05) is 17.7 Å². The van der Waals surface area contributed by atoms with E-state index in [4.69, 9.17) is 0 Å². The highest BCUT2D eigenvalue weighted by atomic mass is 32.2. The summed E-state index contributed by atoms with van der Waals surface area (Å²) in [7, 11) is -10.1. The molecule has 1 atom stereocenters. The van der Waals surface area contributed by atoms with Gasteiger partial charge in [0.15, 0.2) is 5.69 Å². The molecular formula is C15H12F3N3O5S2. The minimum absolute atomic E-state index is 0.0422. The minimum atomic E-state index is -5.86. The van der Waals surface area contributed by atoms with E-state index in [1.165, 1.54) is 12.1 Å². The predicted octanol–water partition coefficient (Wildman–Crippen LogP) is 1.63. The molecule has 0 spiro atoms. The van der Waals surface area contributed by atoms with Crippen LogP contribution in [-0.2, 0) is 37.2 Å². The molecule has 3 rings (SSSR count). The molecule has 0 amide bonds. The Hall–Kier alpha value is -2.43. The summed E-state index contributed by atoms with van der Waals surface area (Å²) in [4.78, 5) is -0.139. The lowest BCUT2D eigenvalue weighted by atomic mass is 10.2. The molecular weight excluding hydrogens is 423 g/mol. The molecule has 1 aliphatic rings. The number of hydrogen-bond acceptors (Lipinski definition) is 7. The van der Waals surface area contributed by atoms with Gasteiger partial charge in [0.05, 0.1) is 16.7 Å². The molecule has 1 aromatic carbocycles. The fourth-order valence-electron chi connectivity index (χ4n) is 2.80. The van der Waals surface area contributed by atoms with Crippen molar-refractivity contribution in [2.45, 2.75) is 36.3 Å². The van der Waals surface area contributed by atoms with Crippen LogP contribution >= 0.6 is 0 Å². The first-order valence-electron chi connectivity index (χ1n) is 7.69. The highest BCUT2D eigenvalue weighted by molar-refractivity contribution is 7.90. The van der Waals surface area contributed by atoms with E-state index in [2.05, 4.69) is 9.28 Å². The fourth-order valence-corrected chi connectivity index (χ4v) is 4.74. The second-order valence-electron chi connectivity index (χ2n) is 6.07. The van der Waals surface area contributed by atoms with Crippen LogP contribution in [0.1, 0.15) is 22.5 Å². The average molecular weight is 435 g/mol. The van der Waals surface area contributed by atoms with Crippen LogP contribution in [0.2, 0.25) is 0 Å². The van der Waals surface area contributed by atoms with Crippen LogP contribution < -0.4 is 0 Å². The Morgan fingerprint density at radius 3 is 2.32 bits per heavy atom. The predicted molar refractivity (Wildman–Crippen MR) is 88.0 cm³/mol. The van der Waals surface area contributed by atoms with E-state index < -0.39 is 44.6 Å². The van der Waals surface area contributed by atoms with E-state index in [-0.39, 0.29) is 21.8 Å². The molecule has 0 aliphatic heterocycles. The zero-order chi connectivity index (χ0) is 20.9. The lowest BCUT2D eigenvalue weighted by Crippen LogP contribution is -2.31. The third kappa shape index (κ3) is 3.38. The number of fused-ring (bicyclic) bond motifs is 1. The third-order valence-electron chi connectivity index (χ3n) is 4.11. The number of aromatic nitrogens is 2. The Balaban J connectivity index is 2.00. The van der Waals surface area contributed by atoms with Crippen LogP contribution in [0.5, 0.6) is 0 Å². The van der Waals surface area contributed by atoms with Crippen molar-refractivity contribution in [1.82, 2.24) is 9.19 Å². The molecule has 0 saturated heterocycles. The van der Waals surface area contributed by atoms with Gasteiger partial charge in [-0.3, -0.25) is 4.18 Å². The van der Waals surface area contributed by atoms with E-state index in [1.807, 2.05) is 0 Å². The van der Waals surface area contributed by atoms with Crippen LogP contribution in [-0.4, -0.2) is 37.6 Å². The minimum Gasteiger partial charge on any atom is -0.259 e. The standard InChI is InChI=1S/C15H12F3N3O5S2/c1-9-2-4-11(5-3-9)27(22,23)21-14-7-10(6-12(14)13(8-19)20-21)26-28(24,25)15(16,17)18/h2-5,10H,6-7H2,1H3. The summed E-state index contributed by atoms with van der Waals surface area (Å²) >= 11 is 0. The van der Waals surface area contributed by atoms with Crippen molar-refractivity contribution >= 4 is 20.1 Å². The topological polar surface area (TPSA) is 119 Å². The van der Waals surface area contributed by atoms with Crippen molar-refractivity contribution in [1.29, 1.82) is 5.26 Å². The van der Waals surface area contributed by atoms with Gasteiger partial charge in [-0.05, 0) is 19.1 Å². The number of benzene rings is 1. The smallest absolute Gasteiger partial charge is 0.259 e. The van der Waals surface area contributed by atoms with Crippen LogP contribution in [0, 0.1) is 18.3 Å². The van der Waals surface area contributed by atoms with Crippen molar-refractivity contribution < 1.29 is 34.2 Å². The first kappa shape index (κ1) is 20.3. The number of aryl methyl sites for hydroxylation is 1. The second-order valence-corrected chi connectivity index (χ2v) is 9.40. The maximum atomic E-state index is 12.8. The van der Waals surface area contributed by atoms with Gasteiger partial charge < -0.3 is 0 Å². The quantitative estimate of drug-likeness (QED) is 0.529. The number of hydrogen-bond donors (Lipinski definition) is 0. The number of halogens is 3. The summed E-state index contributed by atoms with van der Waals surface area (Å²) in [6, 6.07) is 7.40. The average Bonchev–Trinajstić information content (AvgIpc) is 3.11. The van der Waals surface area contributed by atoms with Crippen LogP contribution in [0.3, 0.4) is 0 Å². The Morgan fingerprint density at radius 2 is 1.79 bits per heavy atom. The lowest BCUT2D eigenvalue weighted by Gasteiger charge is -2.14. The molecule has 0 radical (unpaired) electrons. The van der Waals surface area contributed by atoms with Gasteiger partial charge in [-0.15, -0.1) is 5.10 Å². The van der Waals surface area contributed by atoms with Crippen LogP contribution in [0.25, 0.3) is 0 Å². The van der Waals surface area contributed by atoms with E-state index >= 15 is 0 Å². The number of nitriles is 1. The van der Waals surface area contributed by atoms with E-state index in [0.717, 1.165) is 5.56 Å². The molecule has 1 unspecified atom stereocenters. The van der Waals surface area contributed by atoms with Gasteiger partial charge >= 0.3 is 15.6 Å². The molecule has 2 aromatic rings. The summed E-state index contributed by atoms with van der Waals surface area (Å²) in [5, 5.41) is 12.9. The van der Waals surface area contributed by atoms with Gasteiger partial charge in [0.25, 0.3) is 10.0 Å². The molecule has 1 heterocycles. The Morgan fingerprint density at radius 1 is 1.18 bits per heavy atom. The summed E-state index contributed by atoms with van der Waals surface area (Å²) in [5.74, 6) is 0. The Bertz CT molecular complexity index is 1180.